The van der Waals surface area contributed by atoms with E-state index in [2.05, 4.69) is 10.3 Å². The molecule has 0 radical (unpaired) electrons. The molecular weight excluding hydrogens is 549 g/mol. The third-order valence-corrected chi connectivity index (χ3v) is 8.42. The molecule has 1 fully saturated rings. The van der Waals surface area contributed by atoms with Crippen molar-refractivity contribution in [1.82, 2.24) is 14.9 Å². The van der Waals surface area contributed by atoms with Crippen LogP contribution in [-0.4, -0.2) is 50.5 Å². The van der Waals surface area contributed by atoms with E-state index < -0.39 is 75.6 Å². The van der Waals surface area contributed by atoms with Crippen molar-refractivity contribution in [2.45, 2.75) is 76.7 Å². The number of aromatic nitrogens is 2. The number of aryl methyl sites for hydroxylation is 1. The number of unbranched alkanes of at least 4 members (excludes halogenated alkanes) is 3. The largest absolute Gasteiger partial charge is 0.481 e. The van der Waals surface area contributed by atoms with Crippen molar-refractivity contribution >= 4 is 23.5 Å². The number of alkyl halides is 4. The Morgan fingerprint density at radius 2 is 1.82 bits per heavy atom. The molecule has 216 valence electrons. The van der Waals surface area contributed by atoms with E-state index in [0.717, 1.165) is 6.92 Å². The fourth-order valence-electron chi connectivity index (χ4n) is 6.04. The van der Waals surface area contributed by atoms with Crippen molar-refractivity contribution in [3.63, 3.8) is 0 Å². The highest BCUT2D eigenvalue weighted by molar-refractivity contribution is 6.31. The van der Waals surface area contributed by atoms with Crippen molar-refractivity contribution < 1.29 is 41.8 Å². The number of rotatable bonds is 11. The number of hydrogen-bond donors (Lipinski definition) is 3. The Morgan fingerprint density at radius 1 is 1.15 bits per heavy atom. The van der Waals surface area contributed by atoms with Crippen molar-refractivity contribution in [2.24, 2.45) is 10.8 Å². The summed E-state index contributed by atoms with van der Waals surface area (Å²) < 4.78 is 74.5. The van der Waals surface area contributed by atoms with Crippen LogP contribution in [0.4, 0.5) is 22.0 Å². The second-order valence-electron chi connectivity index (χ2n) is 10.2. The maximum Gasteiger partial charge on any atom is 0.418 e. The van der Waals surface area contributed by atoms with Crippen LogP contribution in [-0.2, 0) is 22.3 Å². The Morgan fingerprint density at radius 3 is 2.36 bits per heavy atom. The van der Waals surface area contributed by atoms with E-state index in [0.29, 0.717) is 37.9 Å². The molecule has 2 aromatic rings. The zero-order chi connectivity index (χ0) is 29.2. The van der Waals surface area contributed by atoms with Crippen LogP contribution in [0.1, 0.15) is 63.0 Å². The summed E-state index contributed by atoms with van der Waals surface area (Å²) in [6.07, 6.45) is 1.55. The Bertz CT molecular complexity index is 1180. The first-order chi connectivity index (χ1) is 18.2. The van der Waals surface area contributed by atoms with Crippen molar-refractivity contribution in [3.8, 4) is 0 Å². The molecule has 1 aromatic heterocycles. The van der Waals surface area contributed by atoms with Gasteiger partial charge in [-0.15, -0.1) is 0 Å². The second-order valence-corrected chi connectivity index (χ2v) is 10.6. The lowest BCUT2D eigenvalue weighted by Gasteiger charge is -2.56. The summed E-state index contributed by atoms with van der Waals surface area (Å²) in [4.78, 5) is 29.7. The van der Waals surface area contributed by atoms with Crippen molar-refractivity contribution in [3.05, 3.63) is 52.8 Å². The maximum atomic E-state index is 15.5. The number of carboxylic acids is 2. The average Bonchev–Trinajstić information content (AvgIpc) is 3.37. The highest BCUT2D eigenvalue weighted by atomic mass is 35.5. The van der Waals surface area contributed by atoms with E-state index in [1.54, 1.807) is 18.7 Å². The highest BCUT2D eigenvalue weighted by Gasteiger charge is 2.67. The first-order valence-corrected chi connectivity index (χ1v) is 12.9. The lowest BCUT2D eigenvalue weighted by Crippen LogP contribution is -2.70. The summed E-state index contributed by atoms with van der Waals surface area (Å²) in [6.45, 7) is 1.63. The van der Waals surface area contributed by atoms with Crippen LogP contribution in [0, 0.1) is 16.6 Å². The minimum absolute atomic E-state index is 0.193. The molecule has 39 heavy (non-hydrogen) atoms. The molecule has 1 aliphatic rings. The molecule has 2 heterocycles. The molecule has 5 atom stereocenters. The van der Waals surface area contributed by atoms with Crippen molar-refractivity contribution in [1.29, 1.82) is 0 Å². The quantitative estimate of drug-likeness (QED) is 0.225. The number of nitrogens with one attached hydrogen (secondary N) is 1. The van der Waals surface area contributed by atoms with Crippen LogP contribution in [0.3, 0.4) is 0 Å². The molecule has 0 aliphatic carbocycles. The first-order valence-electron chi connectivity index (χ1n) is 12.5. The molecule has 0 amide bonds. The van der Waals surface area contributed by atoms with Gasteiger partial charge in [0.15, 0.2) is 0 Å². The summed E-state index contributed by atoms with van der Waals surface area (Å²) in [5.74, 6) is -6.93. The summed E-state index contributed by atoms with van der Waals surface area (Å²) in [7, 11) is 0. The minimum Gasteiger partial charge on any atom is -0.481 e. The molecule has 1 saturated heterocycles. The van der Waals surface area contributed by atoms with Gasteiger partial charge in [-0.1, -0.05) is 30.9 Å². The van der Waals surface area contributed by atoms with E-state index >= 15 is 4.39 Å². The predicted octanol–water partition coefficient (Wildman–Crippen LogP) is 5.92. The second kappa shape index (κ2) is 11.8. The third kappa shape index (κ3) is 5.63. The van der Waals surface area contributed by atoms with Crippen LogP contribution in [0.2, 0.25) is 5.02 Å². The SMILES string of the molecule is CC1NC(CF)C(C)(C(=O)O)C(c2c(F)ccc(Cl)c2C(F)(F)F)C1(CCCCCCn1ccnc1)C(=O)O. The zero-order valence-electron chi connectivity index (χ0n) is 21.4. The molecule has 1 aromatic carbocycles. The minimum atomic E-state index is -5.25. The summed E-state index contributed by atoms with van der Waals surface area (Å²) in [5.41, 5.74) is -7.55. The van der Waals surface area contributed by atoms with Gasteiger partial charge in [0.2, 0.25) is 0 Å². The van der Waals surface area contributed by atoms with Gasteiger partial charge in [0.25, 0.3) is 0 Å². The van der Waals surface area contributed by atoms with Crippen LogP contribution in [0.15, 0.2) is 30.9 Å². The number of hydrogen-bond acceptors (Lipinski definition) is 4. The summed E-state index contributed by atoms with van der Waals surface area (Å²) in [6, 6.07) is -1.48. The molecule has 1 aliphatic heterocycles. The van der Waals surface area contributed by atoms with E-state index in [1.165, 1.54) is 6.92 Å². The molecule has 0 spiro atoms. The van der Waals surface area contributed by atoms with Gasteiger partial charge >= 0.3 is 18.1 Å². The van der Waals surface area contributed by atoms with Gasteiger partial charge < -0.3 is 20.1 Å². The number of benzene rings is 1. The van der Waals surface area contributed by atoms with Crippen LogP contribution >= 0.6 is 11.6 Å². The maximum absolute atomic E-state index is 15.5. The average molecular weight is 580 g/mol. The third-order valence-electron chi connectivity index (χ3n) is 8.11. The van der Waals surface area contributed by atoms with Crippen LogP contribution in [0.5, 0.6) is 0 Å². The fourth-order valence-corrected chi connectivity index (χ4v) is 6.32. The smallest absolute Gasteiger partial charge is 0.418 e. The van der Waals surface area contributed by atoms with Gasteiger partial charge in [0.1, 0.15) is 12.5 Å². The Hall–Kier alpha value is -2.73. The molecule has 0 saturated carbocycles. The Labute approximate surface area is 227 Å². The lowest BCUT2D eigenvalue weighted by atomic mass is 9.50. The number of piperidine rings is 1. The zero-order valence-corrected chi connectivity index (χ0v) is 22.2. The number of carboxylic acid groups (broad SMARTS) is 2. The normalized spacial score (nSPS) is 27.4. The molecule has 7 nitrogen and oxygen atoms in total. The highest BCUT2D eigenvalue weighted by Crippen LogP contribution is 2.60. The molecule has 5 unspecified atom stereocenters. The van der Waals surface area contributed by atoms with E-state index in [1.807, 2.05) is 4.57 Å². The molecule has 3 rings (SSSR count). The summed E-state index contributed by atoms with van der Waals surface area (Å²) in [5, 5.41) is 22.6. The van der Waals surface area contributed by atoms with Crippen molar-refractivity contribution in [2.75, 3.05) is 6.67 Å². The van der Waals surface area contributed by atoms with Gasteiger partial charge in [-0.05, 0) is 38.8 Å². The Balaban J connectivity index is 2.14. The number of imidazole rings is 1. The fraction of sp³-hybridized carbons (Fsp3) is 0.577. The number of carbonyl (C=O) groups is 2. The van der Waals surface area contributed by atoms with Crippen LogP contribution in [0.25, 0.3) is 0 Å². The topological polar surface area (TPSA) is 104 Å². The van der Waals surface area contributed by atoms with Gasteiger partial charge in [0, 0.05) is 36.5 Å². The van der Waals surface area contributed by atoms with Gasteiger partial charge in [-0.25, -0.2) is 13.8 Å². The van der Waals surface area contributed by atoms with E-state index in [4.69, 9.17) is 11.6 Å². The Kier molecular flexibility index (Phi) is 9.31. The van der Waals surface area contributed by atoms with E-state index in [9.17, 15) is 37.4 Å². The van der Waals surface area contributed by atoms with Crippen LogP contribution < -0.4 is 5.32 Å². The first kappa shape index (κ1) is 30.8. The number of halogens is 6. The molecule has 3 N–H and O–H groups in total. The standard InChI is InChI=1S/C26H31ClF5N3O4/c1-15-25(23(38)39,9-5-3-4-6-11-35-12-10-33-14-35)21(24(2,22(36)37)18(13-28)34-15)19-17(29)8-7-16(27)20(19)26(30,31)32/h7-8,10,12,14-15,18,21,34H,3-6,9,11,13H2,1-2H3,(H,36,37)(H,38,39). The molecule has 13 heteroatoms. The number of nitrogens with zero attached hydrogens (tertiary/aromatic N) is 2. The van der Waals surface area contributed by atoms with Gasteiger partial charge in [-0.2, -0.15) is 13.2 Å². The molecular formula is C26H31ClF5N3O4. The monoisotopic (exact) mass is 579 g/mol. The number of aliphatic carboxylic acids is 2. The predicted molar refractivity (Wildman–Crippen MR) is 133 cm³/mol. The summed E-state index contributed by atoms with van der Waals surface area (Å²) >= 11 is 5.88. The van der Waals surface area contributed by atoms with Gasteiger partial charge in [0.05, 0.1) is 33.8 Å². The van der Waals surface area contributed by atoms with Gasteiger partial charge in [-0.3, -0.25) is 9.59 Å². The molecule has 0 bridgehead atoms. The van der Waals surface area contributed by atoms with E-state index in [-0.39, 0.29) is 12.8 Å². The lowest BCUT2D eigenvalue weighted by molar-refractivity contribution is -0.174.